The van der Waals surface area contributed by atoms with E-state index < -0.39 is 25.9 Å². The van der Waals surface area contributed by atoms with E-state index in [1.165, 1.54) is 6.07 Å². The molecule has 0 aromatic heterocycles. The Morgan fingerprint density at radius 1 is 1.28 bits per heavy atom. The minimum Gasteiger partial charge on any atom is -0.315 e. The van der Waals surface area contributed by atoms with Gasteiger partial charge in [0.1, 0.15) is 5.82 Å². The van der Waals surface area contributed by atoms with Crippen LogP contribution in [0.4, 0.5) is 10.1 Å². The topological polar surface area (TPSA) is 104 Å². The molecule has 2 unspecified atom stereocenters. The number of halogens is 1. The van der Waals surface area contributed by atoms with Crippen LogP contribution < -0.4 is 14.8 Å². The Balaban J connectivity index is 2.18. The molecule has 1 heterocycles. The average molecular weight is 394 g/mol. The van der Waals surface area contributed by atoms with Crippen molar-refractivity contribution in [2.45, 2.75) is 37.6 Å². The molecule has 1 aromatic carbocycles. The van der Waals surface area contributed by atoms with E-state index in [2.05, 4.69) is 14.8 Å². The molecule has 0 spiro atoms. The molecule has 0 saturated carbocycles. The summed E-state index contributed by atoms with van der Waals surface area (Å²) in [4.78, 5) is -0.235. The highest BCUT2D eigenvalue weighted by atomic mass is 32.2. The van der Waals surface area contributed by atoms with Crippen LogP contribution in [0.2, 0.25) is 0 Å². The third kappa shape index (κ3) is 5.37. The number of sulfonamides is 2. The van der Waals surface area contributed by atoms with E-state index in [-0.39, 0.29) is 28.3 Å². The van der Waals surface area contributed by atoms with Gasteiger partial charge < -0.3 is 5.32 Å². The van der Waals surface area contributed by atoms with Crippen LogP contribution in [0.5, 0.6) is 0 Å². The number of hydrogen-bond donors (Lipinski definition) is 3. The molecule has 1 fully saturated rings. The maximum atomic E-state index is 14.2. The van der Waals surface area contributed by atoms with Crippen molar-refractivity contribution in [3.8, 4) is 0 Å². The van der Waals surface area contributed by atoms with Gasteiger partial charge in [-0.3, -0.25) is 4.72 Å². The van der Waals surface area contributed by atoms with E-state index in [0.29, 0.717) is 13.0 Å². The first-order valence-electron chi connectivity index (χ1n) is 8.17. The minimum atomic E-state index is -3.89. The number of nitrogens with one attached hydrogen (secondary N) is 3. The van der Waals surface area contributed by atoms with Gasteiger partial charge in [-0.15, -0.1) is 0 Å². The van der Waals surface area contributed by atoms with Crippen molar-refractivity contribution in [3.05, 3.63) is 24.0 Å². The Labute approximate surface area is 148 Å². The minimum absolute atomic E-state index is 0.138. The fourth-order valence-electron chi connectivity index (χ4n) is 2.65. The summed E-state index contributed by atoms with van der Waals surface area (Å²) >= 11 is 0. The molecule has 25 heavy (non-hydrogen) atoms. The summed E-state index contributed by atoms with van der Waals surface area (Å²) in [5, 5.41) is 3.12. The van der Waals surface area contributed by atoms with Crippen LogP contribution in [0.3, 0.4) is 0 Å². The lowest BCUT2D eigenvalue weighted by atomic mass is 9.96. The van der Waals surface area contributed by atoms with E-state index in [0.717, 1.165) is 25.1 Å². The van der Waals surface area contributed by atoms with Crippen molar-refractivity contribution >= 4 is 25.7 Å². The molecule has 142 valence electrons. The van der Waals surface area contributed by atoms with Crippen LogP contribution in [0.15, 0.2) is 23.1 Å². The van der Waals surface area contributed by atoms with Gasteiger partial charge in [-0.1, -0.05) is 13.8 Å². The molecule has 2 atom stereocenters. The normalized spacial score (nSPS) is 21.9. The third-order valence-electron chi connectivity index (χ3n) is 4.12. The van der Waals surface area contributed by atoms with Gasteiger partial charge in [-0.2, -0.15) is 0 Å². The molecule has 3 N–H and O–H groups in total. The first-order valence-corrected chi connectivity index (χ1v) is 11.3. The summed E-state index contributed by atoms with van der Waals surface area (Å²) in [6, 6.07) is 2.87. The van der Waals surface area contributed by atoms with Crippen LogP contribution in [0, 0.1) is 11.7 Å². The monoisotopic (exact) mass is 393 g/mol. The Kier molecular flexibility index (Phi) is 6.41. The van der Waals surface area contributed by atoms with Crippen LogP contribution in [0.1, 0.15) is 26.7 Å². The molecule has 2 rings (SSSR count). The fraction of sp³-hybridized carbons (Fsp3) is 0.600. The summed E-state index contributed by atoms with van der Waals surface area (Å²) in [6.07, 6.45) is 1.24. The van der Waals surface area contributed by atoms with E-state index in [1.54, 1.807) is 6.92 Å². The zero-order valence-corrected chi connectivity index (χ0v) is 15.9. The highest BCUT2D eigenvalue weighted by molar-refractivity contribution is 7.92. The predicted molar refractivity (Wildman–Crippen MR) is 94.9 cm³/mol. The molecule has 0 bridgehead atoms. The van der Waals surface area contributed by atoms with Crippen LogP contribution in [-0.4, -0.2) is 41.7 Å². The molecule has 10 heteroatoms. The molecule has 1 aliphatic heterocycles. The van der Waals surface area contributed by atoms with Gasteiger partial charge in [-0.05, 0) is 43.5 Å². The molecular formula is C15H24FN3O4S2. The first kappa shape index (κ1) is 20.1. The second-order valence-corrected chi connectivity index (χ2v) is 9.82. The predicted octanol–water partition coefficient (Wildman–Crippen LogP) is 1.25. The highest BCUT2D eigenvalue weighted by Crippen LogP contribution is 2.21. The summed E-state index contributed by atoms with van der Waals surface area (Å²) in [6.45, 7) is 5.00. The summed E-state index contributed by atoms with van der Waals surface area (Å²) in [5.41, 5.74) is -0.264. The van der Waals surface area contributed by atoms with E-state index in [1.807, 2.05) is 6.92 Å². The average Bonchev–Trinajstić information content (AvgIpc) is 2.51. The van der Waals surface area contributed by atoms with Gasteiger partial charge in [-0.25, -0.2) is 25.9 Å². The SMILES string of the molecule is CCCS(=O)(=O)Nc1ccc(S(=O)(=O)NC2CNCCC2C)cc1F. The third-order valence-corrected chi connectivity index (χ3v) is 7.09. The largest absolute Gasteiger partial charge is 0.315 e. The van der Waals surface area contributed by atoms with Gasteiger partial charge >= 0.3 is 0 Å². The van der Waals surface area contributed by atoms with E-state index in [4.69, 9.17) is 0 Å². The van der Waals surface area contributed by atoms with Crippen LogP contribution >= 0.6 is 0 Å². The van der Waals surface area contributed by atoms with Crippen molar-refractivity contribution < 1.29 is 21.2 Å². The summed E-state index contributed by atoms with van der Waals surface area (Å²) < 4.78 is 67.2. The Bertz CT molecular complexity index is 812. The molecular weight excluding hydrogens is 369 g/mol. The number of rotatable bonds is 7. The first-order chi connectivity index (χ1) is 11.6. The van der Waals surface area contributed by atoms with Gasteiger partial charge in [0.15, 0.2) is 0 Å². The zero-order chi connectivity index (χ0) is 18.7. The van der Waals surface area contributed by atoms with Gasteiger partial charge in [0.05, 0.1) is 16.3 Å². The molecule has 0 aliphatic carbocycles. The van der Waals surface area contributed by atoms with Crippen molar-refractivity contribution in [2.75, 3.05) is 23.6 Å². The van der Waals surface area contributed by atoms with Crippen LogP contribution in [0.25, 0.3) is 0 Å². The lowest BCUT2D eigenvalue weighted by Gasteiger charge is -2.30. The molecule has 0 amide bonds. The lowest BCUT2D eigenvalue weighted by molar-refractivity contribution is 0.327. The Morgan fingerprint density at radius 2 is 2.00 bits per heavy atom. The molecule has 7 nitrogen and oxygen atoms in total. The molecule has 1 saturated heterocycles. The Morgan fingerprint density at radius 3 is 2.60 bits per heavy atom. The Hall–Kier alpha value is -1.23. The number of anilines is 1. The molecule has 1 aliphatic rings. The van der Waals surface area contributed by atoms with E-state index in [9.17, 15) is 21.2 Å². The van der Waals surface area contributed by atoms with E-state index >= 15 is 0 Å². The van der Waals surface area contributed by atoms with Crippen molar-refractivity contribution in [3.63, 3.8) is 0 Å². The fourth-order valence-corrected chi connectivity index (χ4v) is 5.14. The van der Waals surface area contributed by atoms with Crippen molar-refractivity contribution in [1.29, 1.82) is 0 Å². The number of piperidine rings is 1. The van der Waals surface area contributed by atoms with Gasteiger partial charge in [0.25, 0.3) is 0 Å². The zero-order valence-electron chi connectivity index (χ0n) is 14.2. The lowest BCUT2D eigenvalue weighted by Crippen LogP contribution is -2.50. The standard InChI is InChI=1S/C15H24FN3O4S2/c1-3-8-24(20,21)18-14-5-4-12(9-13(14)16)25(22,23)19-15-10-17-7-6-11(15)2/h4-5,9,11,15,17-19H,3,6-8,10H2,1-2H3. The second-order valence-electron chi connectivity index (χ2n) is 6.26. The maximum absolute atomic E-state index is 14.2. The smallest absolute Gasteiger partial charge is 0.240 e. The number of hydrogen-bond acceptors (Lipinski definition) is 5. The molecule has 1 aromatic rings. The van der Waals surface area contributed by atoms with Crippen molar-refractivity contribution in [1.82, 2.24) is 10.0 Å². The number of benzene rings is 1. The second kappa shape index (κ2) is 7.98. The van der Waals surface area contributed by atoms with Crippen LogP contribution in [-0.2, 0) is 20.0 Å². The van der Waals surface area contributed by atoms with Crippen molar-refractivity contribution in [2.24, 2.45) is 5.92 Å². The molecule has 0 radical (unpaired) electrons. The summed E-state index contributed by atoms with van der Waals surface area (Å²) in [5.74, 6) is -0.904. The quantitative estimate of drug-likeness (QED) is 0.647. The van der Waals surface area contributed by atoms with Gasteiger partial charge in [0, 0.05) is 12.6 Å². The summed E-state index contributed by atoms with van der Waals surface area (Å²) in [7, 11) is -7.54. The highest BCUT2D eigenvalue weighted by Gasteiger charge is 2.27. The maximum Gasteiger partial charge on any atom is 0.240 e. The van der Waals surface area contributed by atoms with Gasteiger partial charge in [0.2, 0.25) is 20.0 Å².